The van der Waals surface area contributed by atoms with E-state index in [1.54, 1.807) is 5.57 Å². The molecule has 2 nitrogen and oxygen atoms in total. The van der Waals surface area contributed by atoms with Crippen LogP contribution in [0.4, 0.5) is 0 Å². The molecular formula is C27H40N2S. The van der Waals surface area contributed by atoms with E-state index in [0.29, 0.717) is 23.9 Å². The van der Waals surface area contributed by atoms with E-state index in [1.165, 1.54) is 31.2 Å². The summed E-state index contributed by atoms with van der Waals surface area (Å²) >= 11 is 6.15. The summed E-state index contributed by atoms with van der Waals surface area (Å²) in [4.78, 5) is 1.11. The standard InChI is InChI=1S/C27H40N2S/c1-4-8-24-19(2)15-27(21-9-6-5-7-10-21)17-20(24)16-26(3,18-27)25(30)29-23-13-11-22(28)12-14-23/h5-10,19-20,22-23H,4,11-18,28H2,1-3H3,(H,29,30)/b24-8+. The molecule has 0 aromatic heterocycles. The Kier molecular flexibility index (Phi) is 6.42. The summed E-state index contributed by atoms with van der Waals surface area (Å²) in [7, 11) is 0. The van der Waals surface area contributed by atoms with Crippen molar-refractivity contribution in [3.05, 3.63) is 47.5 Å². The molecule has 3 heteroatoms. The molecule has 0 radical (unpaired) electrons. The first-order valence-electron chi connectivity index (χ1n) is 12.2. The van der Waals surface area contributed by atoms with Crippen molar-refractivity contribution in [3.63, 3.8) is 0 Å². The van der Waals surface area contributed by atoms with Crippen molar-refractivity contribution in [2.45, 2.75) is 96.1 Å². The molecule has 30 heavy (non-hydrogen) atoms. The molecule has 4 unspecified atom stereocenters. The first-order valence-corrected chi connectivity index (χ1v) is 12.6. The molecule has 4 atom stereocenters. The summed E-state index contributed by atoms with van der Waals surface area (Å²) in [5.74, 6) is 1.31. The normalized spacial score (nSPS) is 40.2. The zero-order valence-corrected chi connectivity index (χ0v) is 19.9. The summed E-state index contributed by atoms with van der Waals surface area (Å²) in [6.07, 6.45) is 13.1. The number of hydrogen-bond acceptors (Lipinski definition) is 2. The zero-order valence-electron chi connectivity index (χ0n) is 19.1. The summed E-state index contributed by atoms with van der Waals surface area (Å²) in [5, 5.41) is 3.82. The highest BCUT2D eigenvalue weighted by Gasteiger charge is 2.53. The van der Waals surface area contributed by atoms with Gasteiger partial charge in [0.05, 0.1) is 4.99 Å². The van der Waals surface area contributed by atoms with Gasteiger partial charge in [-0.1, -0.05) is 75.0 Å². The Hall–Kier alpha value is -1.19. The molecule has 3 N–H and O–H groups in total. The molecule has 0 aliphatic heterocycles. The molecule has 3 aliphatic rings. The maximum Gasteiger partial charge on any atom is 0.0815 e. The highest BCUT2D eigenvalue weighted by molar-refractivity contribution is 7.80. The number of nitrogens with two attached hydrogens (primary N) is 1. The van der Waals surface area contributed by atoms with Crippen molar-refractivity contribution in [3.8, 4) is 0 Å². The number of thiocarbonyl (C=S) groups is 1. The summed E-state index contributed by atoms with van der Waals surface area (Å²) in [6.45, 7) is 7.18. The third-order valence-corrected chi connectivity index (χ3v) is 8.89. The van der Waals surface area contributed by atoms with Crippen LogP contribution < -0.4 is 11.1 Å². The molecule has 164 valence electrons. The fourth-order valence-corrected chi connectivity index (χ4v) is 7.33. The topological polar surface area (TPSA) is 38.0 Å². The Morgan fingerprint density at radius 2 is 1.83 bits per heavy atom. The number of rotatable bonds is 4. The number of allylic oxidation sites excluding steroid dienone is 2. The average molecular weight is 425 g/mol. The van der Waals surface area contributed by atoms with Gasteiger partial charge in [-0.2, -0.15) is 0 Å². The van der Waals surface area contributed by atoms with E-state index in [0.717, 1.165) is 37.1 Å². The number of nitrogens with one attached hydrogen (secondary N) is 1. The lowest BCUT2D eigenvalue weighted by atomic mass is 9.49. The first kappa shape index (κ1) is 22.0. The van der Waals surface area contributed by atoms with Crippen molar-refractivity contribution in [1.29, 1.82) is 0 Å². The van der Waals surface area contributed by atoms with Crippen molar-refractivity contribution in [2.75, 3.05) is 0 Å². The molecule has 1 aromatic rings. The highest BCUT2D eigenvalue weighted by Crippen LogP contribution is 2.60. The van der Waals surface area contributed by atoms with E-state index >= 15 is 0 Å². The van der Waals surface area contributed by atoms with Crippen LogP contribution in [0.15, 0.2) is 42.0 Å². The van der Waals surface area contributed by atoms with Gasteiger partial charge < -0.3 is 11.1 Å². The van der Waals surface area contributed by atoms with Crippen molar-refractivity contribution < 1.29 is 0 Å². The van der Waals surface area contributed by atoms with Crippen LogP contribution in [0, 0.1) is 17.3 Å². The van der Waals surface area contributed by atoms with Crippen molar-refractivity contribution >= 4 is 17.2 Å². The Morgan fingerprint density at radius 3 is 2.50 bits per heavy atom. The predicted molar refractivity (Wildman–Crippen MR) is 132 cm³/mol. The lowest BCUT2D eigenvalue weighted by Crippen LogP contribution is -2.54. The molecule has 0 heterocycles. The maximum absolute atomic E-state index is 6.15. The van der Waals surface area contributed by atoms with Gasteiger partial charge in [-0.05, 0) is 80.6 Å². The molecule has 3 saturated carbocycles. The molecule has 3 fully saturated rings. The quantitative estimate of drug-likeness (QED) is 0.440. The SMILES string of the molecule is CC/C=C1\C(C)CC2(c3ccccc3)CC1CC(C)(C(=S)NC1CCC(N)CC1)C2. The minimum absolute atomic E-state index is 0.0562. The Morgan fingerprint density at radius 1 is 1.13 bits per heavy atom. The van der Waals surface area contributed by atoms with Crippen LogP contribution in [0.2, 0.25) is 0 Å². The largest absolute Gasteiger partial charge is 0.376 e. The minimum atomic E-state index is 0.0562. The van der Waals surface area contributed by atoms with Crippen LogP contribution in [0.1, 0.15) is 84.1 Å². The van der Waals surface area contributed by atoms with Crippen LogP contribution in [-0.4, -0.2) is 17.1 Å². The summed E-state index contributed by atoms with van der Waals surface area (Å²) in [5.41, 5.74) is 9.65. The molecular weight excluding hydrogens is 384 g/mol. The average Bonchev–Trinajstić information content (AvgIpc) is 2.73. The Balaban J connectivity index is 1.63. The van der Waals surface area contributed by atoms with E-state index in [9.17, 15) is 0 Å². The van der Waals surface area contributed by atoms with Gasteiger partial charge in [-0.25, -0.2) is 0 Å². The second-order valence-electron chi connectivity index (χ2n) is 10.8. The summed E-state index contributed by atoms with van der Waals surface area (Å²) in [6, 6.07) is 12.2. The number of benzene rings is 1. The van der Waals surface area contributed by atoms with Crippen molar-refractivity contribution in [2.24, 2.45) is 23.0 Å². The third-order valence-electron chi connectivity index (χ3n) is 8.28. The molecule has 2 bridgehead atoms. The van der Waals surface area contributed by atoms with Crippen molar-refractivity contribution in [1.82, 2.24) is 5.32 Å². The van der Waals surface area contributed by atoms with E-state index in [2.05, 4.69) is 62.5 Å². The molecule has 0 amide bonds. The van der Waals surface area contributed by atoms with Gasteiger partial charge >= 0.3 is 0 Å². The molecule has 0 spiro atoms. The monoisotopic (exact) mass is 424 g/mol. The Labute approximate surface area is 189 Å². The zero-order chi connectivity index (χ0) is 21.4. The molecule has 1 aromatic carbocycles. The smallest absolute Gasteiger partial charge is 0.0815 e. The third kappa shape index (κ3) is 4.25. The van der Waals surface area contributed by atoms with Crippen LogP contribution in [0.25, 0.3) is 0 Å². The van der Waals surface area contributed by atoms with Gasteiger partial charge in [0.1, 0.15) is 0 Å². The van der Waals surface area contributed by atoms with Crippen LogP contribution in [0.3, 0.4) is 0 Å². The van der Waals surface area contributed by atoms with Gasteiger partial charge in [-0.15, -0.1) is 0 Å². The predicted octanol–water partition coefficient (Wildman–Crippen LogP) is 6.29. The molecule has 4 rings (SSSR count). The van der Waals surface area contributed by atoms with E-state index in [1.807, 2.05) is 0 Å². The minimum Gasteiger partial charge on any atom is -0.376 e. The fourth-order valence-electron chi connectivity index (χ4n) is 7.01. The summed E-state index contributed by atoms with van der Waals surface area (Å²) < 4.78 is 0. The molecule has 3 aliphatic carbocycles. The highest BCUT2D eigenvalue weighted by atomic mass is 32.1. The van der Waals surface area contributed by atoms with Crippen LogP contribution >= 0.6 is 12.2 Å². The number of fused-ring (bicyclic) bond motifs is 2. The maximum atomic E-state index is 6.15. The van der Waals surface area contributed by atoms with Gasteiger partial charge in [0, 0.05) is 17.5 Å². The van der Waals surface area contributed by atoms with Crippen LogP contribution in [-0.2, 0) is 5.41 Å². The van der Waals surface area contributed by atoms with E-state index in [4.69, 9.17) is 18.0 Å². The number of hydrogen-bond donors (Lipinski definition) is 2. The van der Waals surface area contributed by atoms with Gasteiger partial charge in [0.15, 0.2) is 0 Å². The lowest BCUT2D eigenvalue weighted by Gasteiger charge is -2.56. The fraction of sp³-hybridized carbons (Fsp3) is 0.667. The first-order chi connectivity index (χ1) is 14.3. The lowest BCUT2D eigenvalue weighted by molar-refractivity contribution is 0.0928. The Bertz CT molecular complexity index is 775. The van der Waals surface area contributed by atoms with Gasteiger partial charge in [0.25, 0.3) is 0 Å². The van der Waals surface area contributed by atoms with Gasteiger partial charge in [-0.3, -0.25) is 0 Å². The van der Waals surface area contributed by atoms with E-state index < -0.39 is 0 Å². The second-order valence-corrected chi connectivity index (χ2v) is 11.2. The van der Waals surface area contributed by atoms with E-state index in [-0.39, 0.29) is 10.8 Å². The van der Waals surface area contributed by atoms with Gasteiger partial charge in [0.2, 0.25) is 0 Å². The second kappa shape index (κ2) is 8.74. The molecule has 0 saturated heterocycles. The van der Waals surface area contributed by atoms with Crippen LogP contribution in [0.5, 0.6) is 0 Å².